The van der Waals surface area contributed by atoms with Gasteiger partial charge in [0.2, 0.25) is 0 Å². The van der Waals surface area contributed by atoms with Gasteiger partial charge < -0.3 is 9.13 Å². The molecule has 0 saturated carbocycles. The molecule has 0 spiro atoms. The topological polar surface area (TPSA) is 35.6 Å². The van der Waals surface area contributed by atoms with Gasteiger partial charge in [0.15, 0.2) is 0 Å². The lowest BCUT2D eigenvalue weighted by Gasteiger charge is -2.13. The van der Waals surface area contributed by atoms with E-state index in [0.717, 1.165) is 50.0 Å². The van der Waals surface area contributed by atoms with Crippen molar-refractivity contribution in [1.29, 1.82) is 0 Å². The molecule has 62 heavy (non-hydrogen) atoms. The molecule has 10 aromatic carbocycles. The minimum absolute atomic E-state index is 0.923. The molecule has 4 heteroatoms. The first kappa shape index (κ1) is 33.5. The van der Waals surface area contributed by atoms with E-state index < -0.39 is 0 Å². The van der Waals surface area contributed by atoms with Crippen LogP contribution in [0.1, 0.15) is 0 Å². The highest BCUT2D eigenvalue weighted by molar-refractivity contribution is 6.29. The highest BCUT2D eigenvalue weighted by Crippen LogP contribution is 2.43. The summed E-state index contributed by atoms with van der Waals surface area (Å²) in [6.07, 6.45) is 1.87. The molecular weight excluding hydrogens is 753 g/mol. The van der Waals surface area contributed by atoms with Gasteiger partial charge in [-0.15, -0.1) is 0 Å². The smallest absolute Gasteiger partial charge is 0.0978 e. The molecule has 0 aliphatic rings. The van der Waals surface area contributed by atoms with Gasteiger partial charge in [0.05, 0.1) is 38.8 Å². The Morgan fingerprint density at radius 1 is 0.274 bits per heavy atom. The molecule has 0 N–H and O–H groups in total. The fourth-order valence-electron chi connectivity index (χ4n) is 10.6. The molecule has 0 unspecified atom stereocenters. The van der Waals surface area contributed by atoms with Gasteiger partial charge in [-0.3, -0.25) is 4.98 Å². The maximum atomic E-state index is 5.42. The molecule has 0 bridgehead atoms. The third kappa shape index (κ3) is 4.61. The monoisotopic (exact) mass is 786 g/mol. The average Bonchev–Trinajstić information content (AvgIpc) is 3.85. The zero-order chi connectivity index (χ0) is 40.5. The normalized spacial score (nSPS) is 12.2. The summed E-state index contributed by atoms with van der Waals surface area (Å²) in [7, 11) is 0. The lowest BCUT2D eigenvalue weighted by Crippen LogP contribution is -1.96. The fourth-order valence-corrected chi connectivity index (χ4v) is 10.6. The van der Waals surface area contributed by atoms with E-state index in [1.54, 1.807) is 0 Å². The number of aromatic nitrogens is 4. The average molecular weight is 787 g/mol. The van der Waals surface area contributed by atoms with Gasteiger partial charge in [-0.05, 0) is 122 Å². The number of fused-ring (bicyclic) bond motifs is 18. The van der Waals surface area contributed by atoms with E-state index >= 15 is 0 Å². The van der Waals surface area contributed by atoms with Crippen LogP contribution in [0, 0.1) is 0 Å². The third-order valence-electron chi connectivity index (χ3n) is 13.3. The van der Waals surface area contributed by atoms with Crippen molar-refractivity contribution in [2.75, 3.05) is 0 Å². The number of benzene rings is 10. The fraction of sp³-hybridized carbons (Fsp3) is 0. The third-order valence-corrected chi connectivity index (χ3v) is 13.3. The summed E-state index contributed by atoms with van der Waals surface area (Å²) in [5.74, 6) is 0. The first-order valence-corrected chi connectivity index (χ1v) is 21.2. The van der Waals surface area contributed by atoms with Gasteiger partial charge in [-0.1, -0.05) is 121 Å². The number of nitrogens with zero attached hydrogens (tertiary/aromatic N) is 4. The Labute approximate surface area is 355 Å². The van der Waals surface area contributed by atoms with E-state index in [4.69, 9.17) is 9.97 Å². The van der Waals surface area contributed by atoms with Gasteiger partial charge in [-0.25, -0.2) is 4.98 Å². The summed E-state index contributed by atoms with van der Waals surface area (Å²) in [4.78, 5) is 10.3. The first-order valence-electron chi connectivity index (χ1n) is 21.2. The van der Waals surface area contributed by atoms with Crippen molar-refractivity contribution in [3.8, 4) is 22.6 Å². The van der Waals surface area contributed by atoms with Crippen molar-refractivity contribution in [3.05, 3.63) is 206 Å². The molecule has 0 atom stereocenters. The van der Waals surface area contributed by atoms with Gasteiger partial charge in [0.25, 0.3) is 0 Å². The summed E-state index contributed by atoms with van der Waals surface area (Å²) in [5.41, 5.74) is 10.8. The number of hydrogen-bond donors (Lipinski definition) is 0. The highest BCUT2D eigenvalue weighted by Gasteiger charge is 2.20. The Hall–Kier alpha value is -8.34. The summed E-state index contributed by atoms with van der Waals surface area (Å²) >= 11 is 0. The van der Waals surface area contributed by atoms with Crippen LogP contribution < -0.4 is 0 Å². The van der Waals surface area contributed by atoms with Crippen LogP contribution in [0.15, 0.2) is 206 Å². The standard InChI is InChI=1S/C58H34N4/c1-2-13-36(14-3-1)61-53-23-11-10-21-44(53)50-32-37(25-29-55(50)61)62-54-28-24-35(52-27-26-46-41-18-7-6-17-40(41)45-22-12-30-59-57(45)58(46)60-52)31-49(54)51-33-47-42-19-8-4-15-38(42)39-16-5-9-20-43(39)48(47)34-56(51)62/h1-34H. The Morgan fingerprint density at radius 3 is 1.52 bits per heavy atom. The largest absolute Gasteiger partial charge is 0.309 e. The number of pyridine rings is 2. The van der Waals surface area contributed by atoms with E-state index in [1.165, 1.54) is 81.2 Å². The van der Waals surface area contributed by atoms with Gasteiger partial charge >= 0.3 is 0 Å². The summed E-state index contributed by atoms with van der Waals surface area (Å²) in [5, 5.41) is 17.0. The second-order valence-corrected chi connectivity index (χ2v) is 16.5. The number of para-hydroxylation sites is 2. The van der Waals surface area contributed by atoms with E-state index in [9.17, 15) is 0 Å². The van der Waals surface area contributed by atoms with Gasteiger partial charge in [0.1, 0.15) is 0 Å². The molecule has 4 nitrogen and oxygen atoms in total. The van der Waals surface area contributed by atoms with E-state index in [-0.39, 0.29) is 0 Å². The molecule has 4 aromatic heterocycles. The maximum absolute atomic E-state index is 5.42. The molecule has 0 saturated heterocycles. The molecule has 0 radical (unpaired) electrons. The lowest BCUT2D eigenvalue weighted by atomic mass is 9.93. The van der Waals surface area contributed by atoms with Crippen LogP contribution in [0.4, 0.5) is 0 Å². The van der Waals surface area contributed by atoms with E-state index in [0.29, 0.717) is 0 Å². The highest BCUT2D eigenvalue weighted by atomic mass is 15.0. The van der Waals surface area contributed by atoms with E-state index in [1.807, 2.05) is 12.3 Å². The minimum Gasteiger partial charge on any atom is -0.309 e. The molecule has 0 aliphatic carbocycles. The van der Waals surface area contributed by atoms with E-state index in [2.05, 4.69) is 203 Å². The van der Waals surface area contributed by atoms with Gasteiger partial charge in [0, 0.05) is 55.5 Å². The Bertz CT molecular complexity index is 4180. The van der Waals surface area contributed by atoms with Crippen molar-refractivity contribution in [1.82, 2.24) is 19.1 Å². The summed E-state index contributed by atoms with van der Waals surface area (Å²) in [6, 6.07) is 73.1. The molecular formula is C58H34N4. The lowest BCUT2D eigenvalue weighted by molar-refractivity contribution is 1.17. The van der Waals surface area contributed by atoms with Crippen LogP contribution in [0.5, 0.6) is 0 Å². The van der Waals surface area contributed by atoms with Crippen molar-refractivity contribution < 1.29 is 0 Å². The van der Waals surface area contributed by atoms with Crippen LogP contribution >= 0.6 is 0 Å². The number of hydrogen-bond acceptors (Lipinski definition) is 2. The zero-order valence-corrected chi connectivity index (χ0v) is 33.4. The second kappa shape index (κ2) is 12.6. The van der Waals surface area contributed by atoms with Crippen LogP contribution in [0.25, 0.3) is 131 Å². The summed E-state index contributed by atoms with van der Waals surface area (Å²) in [6.45, 7) is 0. The van der Waals surface area contributed by atoms with Crippen molar-refractivity contribution >= 4 is 109 Å². The predicted octanol–water partition coefficient (Wildman–Crippen LogP) is 15.3. The molecule has 14 rings (SSSR count). The van der Waals surface area contributed by atoms with Gasteiger partial charge in [-0.2, -0.15) is 0 Å². The Balaban J connectivity index is 1.07. The van der Waals surface area contributed by atoms with Crippen molar-refractivity contribution in [2.24, 2.45) is 0 Å². The van der Waals surface area contributed by atoms with Crippen molar-refractivity contribution in [2.45, 2.75) is 0 Å². The molecule has 286 valence electrons. The molecule has 0 amide bonds. The van der Waals surface area contributed by atoms with Crippen molar-refractivity contribution in [3.63, 3.8) is 0 Å². The quantitative estimate of drug-likeness (QED) is 0.167. The van der Waals surface area contributed by atoms with Crippen LogP contribution in [0.3, 0.4) is 0 Å². The SMILES string of the molecule is c1ccc(-n2c3ccccc3c3cc(-n4c5ccc(-c6ccc7c8ccccc8c8cccnc8c7n6)cc5c5cc6c7ccccc7c7ccccc7c6cc54)ccc32)cc1. The molecule has 14 aromatic rings. The second-order valence-electron chi connectivity index (χ2n) is 16.5. The van der Waals surface area contributed by atoms with Crippen LogP contribution in [-0.4, -0.2) is 19.1 Å². The maximum Gasteiger partial charge on any atom is 0.0978 e. The Kier molecular flexibility index (Phi) is 6.80. The van der Waals surface area contributed by atoms with Crippen LogP contribution in [0.2, 0.25) is 0 Å². The predicted molar refractivity (Wildman–Crippen MR) is 261 cm³/mol. The number of rotatable bonds is 3. The summed E-state index contributed by atoms with van der Waals surface area (Å²) < 4.78 is 4.86. The first-order chi connectivity index (χ1) is 30.8. The molecule has 0 aliphatic heterocycles. The molecule has 4 heterocycles. The zero-order valence-electron chi connectivity index (χ0n) is 33.4. The minimum atomic E-state index is 0.923. The molecule has 0 fully saturated rings. The Morgan fingerprint density at radius 2 is 0.790 bits per heavy atom. The van der Waals surface area contributed by atoms with Crippen LogP contribution in [-0.2, 0) is 0 Å².